The molecule has 2 aliphatic rings. The van der Waals surface area contributed by atoms with Crippen LogP contribution in [0.4, 0.5) is 0 Å². The van der Waals surface area contributed by atoms with Gasteiger partial charge in [0.2, 0.25) is 11.8 Å². The molecule has 0 aromatic heterocycles. The molecule has 2 saturated heterocycles. The largest absolute Gasteiger partial charge is 0.396 e. The van der Waals surface area contributed by atoms with Crippen molar-refractivity contribution in [3.63, 3.8) is 0 Å². The molecule has 5 heteroatoms. The van der Waals surface area contributed by atoms with E-state index < -0.39 is 0 Å². The summed E-state index contributed by atoms with van der Waals surface area (Å²) in [5, 5.41) is 9.06. The van der Waals surface area contributed by atoms with Gasteiger partial charge >= 0.3 is 0 Å². The lowest BCUT2D eigenvalue weighted by molar-refractivity contribution is -0.139. The molecule has 2 heterocycles. The molecule has 2 rings (SSSR count). The number of carbonyl (C=O) groups excluding carboxylic acids is 2. The lowest BCUT2D eigenvalue weighted by atomic mass is 10.1. The maximum absolute atomic E-state index is 12.1. The first-order chi connectivity index (χ1) is 8.70. The summed E-state index contributed by atoms with van der Waals surface area (Å²) in [6.45, 7) is 2.43. The van der Waals surface area contributed by atoms with Crippen molar-refractivity contribution in [3.05, 3.63) is 0 Å². The molecule has 0 saturated carbocycles. The highest BCUT2D eigenvalue weighted by Crippen LogP contribution is 2.17. The van der Waals surface area contributed by atoms with Crippen molar-refractivity contribution in [2.24, 2.45) is 5.92 Å². The van der Waals surface area contributed by atoms with Crippen molar-refractivity contribution in [2.75, 3.05) is 32.8 Å². The van der Waals surface area contributed by atoms with E-state index in [4.69, 9.17) is 5.11 Å². The van der Waals surface area contributed by atoms with Crippen molar-refractivity contribution in [1.29, 1.82) is 0 Å². The first-order valence-corrected chi connectivity index (χ1v) is 6.87. The van der Waals surface area contributed by atoms with Crippen molar-refractivity contribution >= 4 is 11.8 Å². The van der Waals surface area contributed by atoms with Crippen LogP contribution >= 0.6 is 0 Å². The monoisotopic (exact) mass is 254 g/mol. The van der Waals surface area contributed by atoms with Gasteiger partial charge in [0.25, 0.3) is 0 Å². The van der Waals surface area contributed by atoms with E-state index in [-0.39, 0.29) is 30.9 Å². The number of amides is 2. The number of nitrogens with zero attached hydrogens (tertiary/aromatic N) is 2. The summed E-state index contributed by atoms with van der Waals surface area (Å²) in [5.74, 6) is 0.355. The van der Waals surface area contributed by atoms with Crippen molar-refractivity contribution < 1.29 is 14.7 Å². The Balaban J connectivity index is 1.84. The van der Waals surface area contributed by atoms with Gasteiger partial charge in [0, 0.05) is 38.6 Å². The molecule has 0 aromatic carbocycles. The Morgan fingerprint density at radius 1 is 1.28 bits per heavy atom. The number of aliphatic hydroxyl groups is 1. The molecule has 2 aliphatic heterocycles. The summed E-state index contributed by atoms with van der Waals surface area (Å²) < 4.78 is 0. The van der Waals surface area contributed by atoms with E-state index in [0.29, 0.717) is 26.1 Å². The highest BCUT2D eigenvalue weighted by Gasteiger charge is 2.28. The number of hydrogen-bond donors (Lipinski definition) is 1. The zero-order valence-electron chi connectivity index (χ0n) is 10.8. The van der Waals surface area contributed by atoms with E-state index in [1.54, 1.807) is 9.80 Å². The summed E-state index contributed by atoms with van der Waals surface area (Å²) in [7, 11) is 0. The van der Waals surface area contributed by atoms with Gasteiger partial charge in [-0.25, -0.2) is 0 Å². The molecular weight excluding hydrogens is 232 g/mol. The number of likely N-dealkylation sites (tertiary alicyclic amines) is 2. The van der Waals surface area contributed by atoms with E-state index in [1.165, 1.54) is 0 Å². The number of aliphatic hydroxyl groups excluding tert-OH is 1. The lowest BCUT2D eigenvalue weighted by Crippen LogP contribution is -2.42. The highest BCUT2D eigenvalue weighted by atomic mass is 16.3. The minimum absolute atomic E-state index is 0.0289. The summed E-state index contributed by atoms with van der Waals surface area (Å²) in [5.41, 5.74) is 0. The van der Waals surface area contributed by atoms with Crippen LogP contribution in [0.2, 0.25) is 0 Å². The molecule has 1 atom stereocenters. The fourth-order valence-electron chi connectivity index (χ4n) is 2.68. The van der Waals surface area contributed by atoms with E-state index in [2.05, 4.69) is 0 Å². The van der Waals surface area contributed by atoms with Gasteiger partial charge in [-0.15, -0.1) is 0 Å². The van der Waals surface area contributed by atoms with Gasteiger partial charge in [0.15, 0.2) is 0 Å². The smallest absolute Gasteiger partial charge is 0.242 e. The molecule has 0 aromatic rings. The minimum Gasteiger partial charge on any atom is -0.396 e. The van der Waals surface area contributed by atoms with Crippen LogP contribution in [0.5, 0.6) is 0 Å². The molecule has 2 fully saturated rings. The Hall–Kier alpha value is -1.10. The standard InChI is InChI=1S/C13H22N2O3/c16-10-11-5-7-15(8-11)13(18)9-14-6-3-1-2-4-12(14)17/h11,16H,1-10H2. The average molecular weight is 254 g/mol. The Morgan fingerprint density at radius 2 is 2.11 bits per heavy atom. The molecule has 2 amide bonds. The number of carbonyl (C=O) groups is 2. The highest BCUT2D eigenvalue weighted by molar-refractivity contribution is 5.85. The molecule has 1 N–H and O–H groups in total. The Morgan fingerprint density at radius 3 is 2.83 bits per heavy atom. The molecule has 18 heavy (non-hydrogen) atoms. The van der Waals surface area contributed by atoms with Crippen LogP contribution < -0.4 is 0 Å². The zero-order valence-corrected chi connectivity index (χ0v) is 10.8. The van der Waals surface area contributed by atoms with Crippen LogP contribution in [0.15, 0.2) is 0 Å². The molecular formula is C13H22N2O3. The molecule has 102 valence electrons. The maximum atomic E-state index is 12.1. The van der Waals surface area contributed by atoms with Gasteiger partial charge in [-0.1, -0.05) is 6.42 Å². The Kier molecular flexibility index (Phi) is 4.58. The first-order valence-electron chi connectivity index (χ1n) is 6.87. The van der Waals surface area contributed by atoms with Gasteiger partial charge in [-0.05, 0) is 19.3 Å². The molecule has 0 bridgehead atoms. The molecule has 0 spiro atoms. The predicted octanol–water partition coefficient (Wildman–Crippen LogP) is 0.230. The van der Waals surface area contributed by atoms with Gasteiger partial charge in [-0.2, -0.15) is 0 Å². The zero-order chi connectivity index (χ0) is 13.0. The quantitative estimate of drug-likeness (QED) is 0.784. The van der Waals surface area contributed by atoms with Gasteiger partial charge < -0.3 is 14.9 Å². The second-order valence-corrected chi connectivity index (χ2v) is 5.30. The second kappa shape index (κ2) is 6.18. The summed E-state index contributed by atoms with van der Waals surface area (Å²) in [6.07, 6.45) is 4.47. The van der Waals surface area contributed by atoms with E-state index in [0.717, 1.165) is 25.7 Å². The van der Waals surface area contributed by atoms with Crippen LogP contribution in [0.3, 0.4) is 0 Å². The molecule has 5 nitrogen and oxygen atoms in total. The SMILES string of the molecule is O=C1CCCCCN1CC(=O)N1CCC(CO)C1. The van der Waals surface area contributed by atoms with Crippen LogP contribution in [-0.4, -0.2) is 59.5 Å². The van der Waals surface area contributed by atoms with Crippen molar-refractivity contribution in [3.8, 4) is 0 Å². The van der Waals surface area contributed by atoms with Gasteiger partial charge in [0.1, 0.15) is 0 Å². The summed E-state index contributed by atoms with van der Waals surface area (Å²) in [6, 6.07) is 0. The average Bonchev–Trinajstić information content (AvgIpc) is 2.77. The van der Waals surface area contributed by atoms with Crippen LogP contribution in [0.25, 0.3) is 0 Å². The normalized spacial score (nSPS) is 25.4. The fourth-order valence-corrected chi connectivity index (χ4v) is 2.68. The maximum Gasteiger partial charge on any atom is 0.242 e. The van der Waals surface area contributed by atoms with Crippen molar-refractivity contribution in [2.45, 2.75) is 32.1 Å². The number of rotatable bonds is 3. The third kappa shape index (κ3) is 3.22. The van der Waals surface area contributed by atoms with Gasteiger partial charge in [-0.3, -0.25) is 9.59 Å². The van der Waals surface area contributed by atoms with Crippen molar-refractivity contribution in [1.82, 2.24) is 9.80 Å². The number of hydrogen-bond acceptors (Lipinski definition) is 3. The van der Waals surface area contributed by atoms with E-state index in [1.807, 2.05) is 0 Å². The Bertz CT molecular complexity index is 319. The third-order valence-electron chi connectivity index (χ3n) is 3.89. The van der Waals surface area contributed by atoms with Crippen LogP contribution in [-0.2, 0) is 9.59 Å². The summed E-state index contributed by atoms with van der Waals surface area (Å²) in [4.78, 5) is 27.4. The van der Waals surface area contributed by atoms with E-state index >= 15 is 0 Å². The van der Waals surface area contributed by atoms with Gasteiger partial charge in [0.05, 0.1) is 6.54 Å². The second-order valence-electron chi connectivity index (χ2n) is 5.30. The molecule has 0 aliphatic carbocycles. The first kappa shape index (κ1) is 13.3. The summed E-state index contributed by atoms with van der Waals surface area (Å²) >= 11 is 0. The van der Waals surface area contributed by atoms with Crippen LogP contribution in [0.1, 0.15) is 32.1 Å². The van der Waals surface area contributed by atoms with E-state index in [9.17, 15) is 9.59 Å². The molecule has 1 unspecified atom stereocenters. The predicted molar refractivity (Wildman–Crippen MR) is 66.8 cm³/mol. The van der Waals surface area contributed by atoms with Crippen LogP contribution in [0, 0.1) is 5.92 Å². The third-order valence-corrected chi connectivity index (χ3v) is 3.89. The topological polar surface area (TPSA) is 60.9 Å². The minimum atomic E-state index is 0.0289. The Labute approximate surface area is 108 Å². The fraction of sp³-hybridized carbons (Fsp3) is 0.846. The molecule has 0 radical (unpaired) electrons. The lowest BCUT2D eigenvalue weighted by Gasteiger charge is -2.23.